The van der Waals surface area contributed by atoms with Crippen LogP contribution in [0.25, 0.3) is 0 Å². The average molecular weight is 438 g/mol. The van der Waals surface area contributed by atoms with E-state index in [1.54, 1.807) is 37.3 Å². The first-order chi connectivity index (χ1) is 14.6. The van der Waals surface area contributed by atoms with Gasteiger partial charge >= 0.3 is 12.3 Å². The fraction of sp³-hybridized carbons (Fsp3) is 0.364. The van der Waals surface area contributed by atoms with Crippen LogP contribution in [0, 0.1) is 5.92 Å². The van der Waals surface area contributed by atoms with Crippen molar-refractivity contribution >= 4 is 12.0 Å². The van der Waals surface area contributed by atoms with Crippen LogP contribution in [-0.4, -0.2) is 30.7 Å². The topological polar surface area (TPSA) is 76.7 Å². The summed E-state index contributed by atoms with van der Waals surface area (Å²) in [4.78, 5) is 24.5. The van der Waals surface area contributed by atoms with Gasteiger partial charge in [-0.3, -0.25) is 15.4 Å². The van der Waals surface area contributed by atoms with Crippen LogP contribution < -0.4 is 20.1 Å². The largest absolute Gasteiger partial charge is 0.492 e. The molecule has 0 heterocycles. The van der Waals surface area contributed by atoms with E-state index in [-0.39, 0.29) is 24.3 Å². The van der Waals surface area contributed by atoms with Gasteiger partial charge in [0.15, 0.2) is 0 Å². The predicted molar refractivity (Wildman–Crippen MR) is 109 cm³/mol. The molecule has 168 valence electrons. The number of nitrogens with one attached hydrogen (secondary N) is 2. The molecular formula is C22H25F3N2O4. The van der Waals surface area contributed by atoms with Crippen LogP contribution in [-0.2, 0) is 11.0 Å². The van der Waals surface area contributed by atoms with E-state index in [9.17, 15) is 22.8 Å². The van der Waals surface area contributed by atoms with Crippen molar-refractivity contribution in [2.45, 2.75) is 39.0 Å². The normalized spacial score (nSPS) is 13.4. The molecule has 2 N–H and O–H groups in total. The van der Waals surface area contributed by atoms with Crippen molar-refractivity contribution in [2.24, 2.45) is 5.92 Å². The maximum Gasteiger partial charge on any atom is 0.419 e. The Balaban J connectivity index is 1.87. The van der Waals surface area contributed by atoms with Crippen molar-refractivity contribution in [1.29, 1.82) is 0 Å². The van der Waals surface area contributed by atoms with E-state index in [2.05, 4.69) is 10.6 Å². The molecule has 0 fully saturated rings. The molecule has 31 heavy (non-hydrogen) atoms. The average Bonchev–Trinajstić information content (AvgIpc) is 2.70. The van der Waals surface area contributed by atoms with E-state index in [1.165, 1.54) is 12.1 Å². The minimum absolute atomic E-state index is 0.107. The van der Waals surface area contributed by atoms with Crippen molar-refractivity contribution in [1.82, 2.24) is 10.6 Å². The lowest BCUT2D eigenvalue weighted by atomic mass is 10.0. The number of hydrogen-bond donors (Lipinski definition) is 2. The van der Waals surface area contributed by atoms with Crippen LogP contribution in [0.5, 0.6) is 11.5 Å². The lowest BCUT2D eigenvalue weighted by molar-refractivity contribution is -0.137. The van der Waals surface area contributed by atoms with Gasteiger partial charge in [-0.1, -0.05) is 32.0 Å². The second-order valence-electron chi connectivity index (χ2n) is 7.31. The Labute approximate surface area is 178 Å². The highest BCUT2D eigenvalue weighted by Crippen LogP contribution is 2.30. The molecule has 0 aliphatic rings. The summed E-state index contributed by atoms with van der Waals surface area (Å²) in [6.45, 7) is 5.48. The molecule has 0 aliphatic heterocycles. The fourth-order valence-corrected chi connectivity index (χ4v) is 2.69. The monoisotopic (exact) mass is 438 g/mol. The molecule has 2 amide bonds. The number of carbonyl (C=O) groups excluding carboxylic acids is 2. The van der Waals surface area contributed by atoms with Gasteiger partial charge in [-0.25, -0.2) is 4.79 Å². The maximum atomic E-state index is 12.6. The van der Waals surface area contributed by atoms with E-state index in [1.807, 2.05) is 13.8 Å². The molecule has 0 saturated heterocycles. The number of rotatable bonds is 8. The van der Waals surface area contributed by atoms with Crippen LogP contribution >= 0.6 is 0 Å². The zero-order chi connectivity index (χ0) is 23.0. The molecule has 2 aromatic rings. The summed E-state index contributed by atoms with van der Waals surface area (Å²) in [5.74, 6) is -0.130. The van der Waals surface area contributed by atoms with Gasteiger partial charge in [0.2, 0.25) is 5.91 Å². The molecule has 0 aromatic heterocycles. The first-order valence-electron chi connectivity index (χ1n) is 9.70. The van der Waals surface area contributed by atoms with E-state index in [4.69, 9.17) is 9.47 Å². The molecule has 0 radical (unpaired) electrons. The van der Waals surface area contributed by atoms with Gasteiger partial charge in [0.25, 0.3) is 0 Å². The van der Waals surface area contributed by atoms with Gasteiger partial charge in [-0.2, -0.15) is 13.2 Å². The summed E-state index contributed by atoms with van der Waals surface area (Å²) in [5, 5.41) is 5.27. The van der Waals surface area contributed by atoms with E-state index in [0.29, 0.717) is 5.75 Å². The lowest BCUT2D eigenvalue weighted by Crippen LogP contribution is -2.53. The Bertz CT molecular complexity index is 855. The number of amides is 2. The highest BCUT2D eigenvalue weighted by Gasteiger charge is 2.30. The molecule has 2 aromatic carbocycles. The highest BCUT2D eigenvalue weighted by molar-refractivity contribution is 5.95. The number of para-hydroxylation sites is 1. The molecule has 0 spiro atoms. The summed E-state index contributed by atoms with van der Waals surface area (Å²) in [6.07, 6.45) is -5.30. The summed E-state index contributed by atoms with van der Waals surface area (Å²) in [6, 6.07) is 11.6. The van der Waals surface area contributed by atoms with Gasteiger partial charge in [-0.15, -0.1) is 0 Å². The van der Waals surface area contributed by atoms with E-state index in [0.717, 1.165) is 12.1 Å². The highest BCUT2D eigenvalue weighted by atomic mass is 19.4. The summed E-state index contributed by atoms with van der Waals surface area (Å²) < 4.78 is 48.4. The van der Waals surface area contributed by atoms with Crippen LogP contribution in [0.2, 0.25) is 0 Å². The number of hydrogen-bond acceptors (Lipinski definition) is 5. The van der Waals surface area contributed by atoms with Crippen molar-refractivity contribution in [2.75, 3.05) is 6.61 Å². The first kappa shape index (κ1) is 24.2. The number of alkyl halides is 3. The minimum Gasteiger partial charge on any atom is -0.492 e. The van der Waals surface area contributed by atoms with E-state index < -0.39 is 29.8 Å². The van der Waals surface area contributed by atoms with Crippen LogP contribution in [0.15, 0.2) is 54.6 Å². The number of imide groups is 1. The van der Waals surface area contributed by atoms with Gasteiger partial charge in [-0.05, 0) is 49.2 Å². The van der Waals surface area contributed by atoms with Crippen molar-refractivity contribution < 1.29 is 32.2 Å². The second-order valence-corrected chi connectivity index (χ2v) is 7.31. The number of halogens is 3. The van der Waals surface area contributed by atoms with Crippen LogP contribution in [0.1, 0.15) is 26.3 Å². The zero-order valence-corrected chi connectivity index (χ0v) is 17.4. The number of carbonyl (C=O) groups is 2. The maximum absolute atomic E-state index is 12.6. The van der Waals surface area contributed by atoms with Crippen molar-refractivity contribution in [3.8, 4) is 11.5 Å². The second kappa shape index (κ2) is 10.8. The van der Waals surface area contributed by atoms with Gasteiger partial charge in [0, 0.05) is 6.04 Å². The first-order valence-corrected chi connectivity index (χ1v) is 9.70. The molecule has 0 bridgehead atoms. The van der Waals surface area contributed by atoms with Crippen molar-refractivity contribution in [3.63, 3.8) is 0 Å². The minimum atomic E-state index is -4.41. The molecule has 0 aliphatic carbocycles. The van der Waals surface area contributed by atoms with E-state index >= 15 is 0 Å². The Morgan fingerprint density at radius 1 is 0.935 bits per heavy atom. The Hall–Kier alpha value is -3.07. The quantitative estimate of drug-likeness (QED) is 0.639. The smallest absolute Gasteiger partial charge is 0.419 e. The third-order valence-corrected chi connectivity index (χ3v) is 4.27. The predicted octanol–water partition coefficient (Wildman–Crippen LogP) is 4.40. The summed E-state index contributed by atoms with van der Waals surface area (Å²) >= 11 is 0. The molecule has 6 nitrogen and oxygen atoms in total. The number of benzene rings is 2. The third kappa shape index (κ3) is 7.93. The summed E-state index contributed by atoms with van der Waals surface area (Å²) in [7, 11) is 0. The van der Waals surface area contributed by atoms with Crippen LogP contribution in [0.4, 0.5) is 18.0 Å². The van der Waals surface area contributed by atoms with Gasteiger partial charge in [0.1, 0.15) is 18.1 Å². The molecule has 2 atom stereocenters. The van der Waals surface area contributed by atoms with Crippen molar-refractivity contribution in [3.05, 3.63) is 60.2 Å². The lowest BCUT2D eigenvalue weighted by Gasteiger charge is -2.25. The molecule has 2 rings (SSSR count). The van der Waals surface area contributed by atoms with Crippen LogP contribution in [0.3, 0.4) is 0 Å². The molecule has 1 unspecified atom stereocenters. The summed E-state index contributed by atoms with van der Waals surface area (Å²) in [5.41, 5.74) is -0.759. The molecular weight excluding hydrogens is 413 g/mol. The van der Waals surface area contributed by atoms with Gasteiger partial charge in [0.05, 0.1) is 11.6 Å². The Kier molecular flexibility index (Phi) is 8.44. The third-order valence-electron chi connectivity index (χ3n) is 4.27. The molecule has 9 heteroatoms. The Morgan fingerprint density at radius 3 is 2.10 bits per heavy atom. The number of ether oxygens (including phenoxy) is 2. The standard InChI is InChI=1S/C22H25F3N2O4/c1-14(2)19(20(28)27-21(29)31-18-7-5-4-6-8-18)26-15(3)13-30-17-11-9-16(10-12-17)22(23,24)25/h4-12,14-15,19,26H,13H2,1-3H3,(H,27,28,29)/t15?,19-/m0/s1. The zero-order valence-electron chi connectivity index (χ0n) is 17.4. The Morgan fingerprint density at radius 2 is 1.55 bits per heavy atom. The SMILES string of the molecule is CC(COc1ccc(C(F)(F)F)cc1)N[C@H](C(=O)NC(=O)Oc1ccccc1)C(C)C. The van der Waals surface area contributed by atoms with Gasteiger partial charge < -0.3 is 9.47 Å². The molecule has 0 saturated carbocycles. The fourth-order valence-electron chi connectivity index (χ4n) is 2.69.